The molecule has 0 aliphatic carbocycles. The number of nitrogens with one attached hydrogen (secondary N) is 1. The molecular formula is C19H22FN3O2S. The number of hydrogen-bond donors (Lipinski definition) is 1. The Morgan fingerprint density at radius 1 is 1.38 bits per heavy atom. The number of ether oxygens (including phenoxy) is 1. The van der Waals surface area contributed by atoms with Crippen molar-refractivity contribution in [3.63, 3.8) is 0 Å². The minimum Gasteiger partial charge on any atom is -0.373 e. The highest BCUT2D eigenvalue weighted by Gasteiger charge is 2.22. The standard InChI is InChI=1S/C19H22FN3O2S/c1-13-9-23(10-14(2)25-13)11-16-12-26-19(21-16)22-18(24)8-7-15-5-3-4-6-17(15)20/h3-8,12-14H,9-11H2,1-2H3,(H,21,22,24). The van der Waals surface area contributed by atoms with E-state index in [0.717, 1.165) is 25.3 Å². The highest BCUT2D eigenvalue weighted by molar-refractivity contribution is 7.13. The van der Waals surface area contributed by atoms with Gasteiger partial charge in [-0.1, -0.05) is 18.2 Å². The van der Waals surface area contributed by atoms with Crippen molar-refractivity contribution in [3.8, 4) is 0 Å². The van der Waals surface area contributed by atoms with Crippen molar-refractivity contribution in [2.75, 3.05) is 18.4 Å². The van der Waals surface area contributed by atoms with E-state index >= 15 is 0 Å². The first-order valence-corrected chi connectivity index (χ1v) is 9.43. The zero-order valence-corrected chi connectivity index (χ0v) is 15.6. The van der Waals surface area contributed by atoms with Crippen LogP contribution >= 0.6 is 11.3 Å². The van der Waals surface area contributed by atoms with Gasteiger partial charge in [-0.25, -0.2) is 9.37 Å². The number of thiazole rings is 1. The van der Waals surface area contributed by atoms with Crippen molar-refractivity contribution in [1.29, 1.82) is 0 Å². The number of hydrogen-bond acceptors (Lipinski definition) is 5. The van der Waals surface area contributed by atoms with E-state index in [1.165, 1.54) is 29.6 Å². The van der Waals surface area contributed by atoms with Crippen molar-refractivity contribution in [2.24, 2.45) is 0 Å². The fourth-order valence-electron chi connectivity index (χ4n) is 3.00. The predicted octanol–water partition coefficient (Wildman–Crippen LogP) is 3.54. The molecule has 1 N–H and O–H groups in total. The molecule has 1 aromatic heterocycles. The van der Waals surface area contributed by atoms with Crippen LogP contribution in [0.5, 0.6) is 0 Å². The Bertz CT molecular complexity index is 783. The van der Waals surface area contributed by atoms with E-state index in [9.17, 15) is 9.18 Å². The number of amides is 1. The summed E-state index contributed by atoms with van der Waals surface area (Å²) in [4.78, 5) is 18.8. The van der Waals surface area contributed by atoms with Gasteiger partial charge < -0.3 is 4.74 Å². The Balaban J connectivity index is 1.55. The summed E-state index contributed by atoms with van der Waals surface area (Å²) in [5.74, 6) is -0.690. The molecule has 1 aromatic carbocycles. The van der Waals surface area contributed by atoms with Gasteiger partial charge in [-0.2, -0.15) is 0 Å². The molecule has 1 aliphatic rings. The first-order valence-electron chi connectivity index (χ1n) is 8.55. The lowest BCUT2D eigenvalue weighted by Crippen LogP contribution is -2.44. The Kier molecular flexibility index (Phi) is 6.13. The Hall–Kier alpha value is -2.09. The summed E-state index contributed by atoms with van der Waals surface area (Å²) in [6.07, 6.45) is 3.18. The molecule has 0 radical (unpaired) electrons. The van der Waals surface area contributed by atoms with E-state index in [1.807, 2.05) is 5.38 Å². The molecule has 2 unspecified atom stereocenters. The molecule has 0 bridgehead atoms. The van der Waals surface area contributed by atoms with E-state index in [4.69, 9.17) is 4.74 Å². The lowest BCUT2D eigenvalue weighted by Gasteiger charge is -2.34. The third kappa shape index (κ3) is 5.20. The van der Waals surface area contributed by atoms with Crippen LogP contribution in [-0.2, 0) is 16.1 Å². The average molecular weight is 375 g/mol. The van der Waals surface area contributed by atoms with Crippen LogP contribution < -0.4 is 5.32 Å². The van der Waals surface area contributed by atoms with E-state index < -0.39 is 0 Å². The van der Waals surface area contributed by atoms with Crippen LogP contribution in [0.1, 0.15) is 25.1 Å². The van der Waals surface area contributed by atoms with Crippen LogP contribution in [0.4, 0.5) is 9.52 Å². The summed E-state index contributed by atoms with van der Waals surface area (Å²) >= 11 is 1.38. The van der Waals surface area contributed by atoms with Gasteiger partial charge >= 0.3 is 0 Å². The lowest BCUT2D eigenvalue weighted by molar-refractivity contribution is -0.111. The fourth-order valence-corrected chi connectivity index (χ4v) is 3.71. The Morgan fingerprint density at radius 3 is 2.85 bits per heavy atom. The second-order valence-corrected chi connectivity index (χ2v) is 7.30. The number of nitrogens with zero attached hydrogens (tertiary/aromatic N) is 2. The van der Waals surface area contributed by atoms with Crippen molar-refractivity contribution in [2.45, 2.75) is 32.6 Å². The van der Waals surface area contributed by atoms with E-state index in [0.29, 0.717) is 10.7 Å². The normalized spacial score (nSPS) is 21.2. The quantitative estimate of drug-likeness (QED) is 0.812. The number of carbonyl (C=O) groups excluding carboxylic acids is 1. The number of aromatic nitrogens is 1. The molecule has 5 nitrogen and oxygen atoms in total. The van der Waals surface area contributed by atoms with Crippen molar-refractivity contribution in [1.82, 2.24) is 9.88 Å². The van der Waals surface area contributed by atoms with E-state index in [2.05, 4.69) is 29.0 Å². The van der Waals surface area contributed by atoms with Crippen molar-refractivity contribution < 1.29 is 13.9 Å². The second kappa shape index (κ2) is 8.53. The summed E-state index contributed by atoms with van der Waals surface area (Å²) < 4.78 is 19.3. The molecule has 1 saturated heterocycles. The predicted molar refractivity (Wildman–Crippen MR) is 101 cm³/mol. The molecule has 3 rings (SSSR count). The van der Waals surface area contributed by atoms with E-state index in [-0.39, 0.29) is 23.9 Å². The summed E-state index contributed by atoms with van der Waals surface area (Å²) in [7, 11) is 0. The molecule has 0 spiro atoms. The Labute approximate surface area is 156 Å². The van der Waals surface area contributed by atoms with Gasteiger partial charge in [0.15, 0.2) is 5.13 Å². The van der Waals surface area contributed by atoms with Gasteiger partial charge in [-0.3, -0.25) is 15.0 Å². The summed E-state index contributed by atoms with van der Waals surface area (Å²) in [6, 6.07) is 6.31. The van der Waals surface area contributed by atoms with Crippen LogP contribution in [0.2, 0.25) is 0 Å². The smallest absolute Gasteiger partial charge is 0.250 e. The first-order chi connectivity index (χ1) is 12.5. The van der Waals surface area contributed by atoms with Crippen molar-refractivity contribution in [3.05, 3.63) is 52.8 Å². The highest BCUT2D eigenvalue weighted by atomic mass is 32.1. The second-order valence-electron chi connectivity index (χ2n) is 6.44. The summed E-state index contributed by atoms with van der Waals surface area (Å²) in [6.45, 7) is 6.61. The molecule has 2 aromatic rings. The molecule has 138 valence electrons. The largest absolute Gasteiger partial charge is 0.373 e. The van der Waals surface area contributed by atoms with Crippen LogP contribution in [0.25, 0.3) is 6.08 Å². The number of carbonyl (C=O) groups is 1. The van der Waals surface area contributed by atoms with Gasteiger partial charge in [-0.05, 0) is 26.0 Å². The van der Waals surface area contributed by atoms with Gasteiger partial charge in [0.05, 0.1) is 17.9 Å². The zero-order chi connectivity index (χ0) is 18.5. The van der Waals surface area contributed by atoms with Crippen LogP contribution in [-0.4, -0.2) is 41.1 Å². The molecule has 26 heavy (non-hydrogen) atoms. The van der Waals surface area contributed by atoms with Crippen molar-refractivity contribution >= 4 is 28.5 Å². The van der Waals surface area contributed by atoms with Gasteiger partial charge in [0.2, 0.25) is 5.91 Å². The van der Waals surface area contributed by atoms with Gasteiger partial charge in [-0.15, -0.1) is 11.3 Å². The summed E-state index contributed by atoms with van der Waals surface area (Å²) in [5.41, 5.74) is 1.29. The number of morpholine rings is 1. The highest BCUT2D eigenvalue weighted by Crippen LogP contribution is 2.19. The maximum Gasteiger partial charge on any atom is 0.250 e. The van der Waals surface area contributed by atoms with Crippen LogP contribution in [0.3, 0.4) is 0 Å². The number of rotatable bonds is 5. The first kappa shape index (κ1) is 18.7. The molecule has 1 fully saturated rings. The van der Waals surface area contributed by atoms with Gasteiger partial charge in [0.1, 0.15) is 5.82 Å². The fraction of sp³-hybridized carbons (Fsp3) is 0.368. The topological polar surface area (TPSA) is 54.5 Å². The third-order valence-electron chi connectivity index (χ3n) is 3.98. The average Bonchev–Trinajstić information content (AvgIpc) is 3.00. The SMILES string of the molecule is CC1CN(Cc2csc(NC(=O)C=Cc3ccccc3F)n2)CC(C)O1. The molecule has 7 heteroatoms. The number of benzene rings is 1. The summed E-state index contributed by atoms with van der Waals surface area (Å²) in [5, 5.41) is 5.21. The minimum atomic E-state index is -0.359. The maximum absolute atomic E-state index is 13.5. The number of halogens is 1. The minimum absolute atomic E-state index is 0.208. The number of anilines is 1. The monoisotopic (exact) mass is 375 g/mol. The molecular weight excluding hydrogens is 353 g/mol. The molecule has 0 saturated carbocycles. The van der Waals surface area contributed by atoms with Crippen LogP contribution in [0, 0.1) is 5.82 Å². The molecule has 2 heterocycles. The van der Waals surface area contributed by atoms with Gasteiger partial charge in [0.25, 0.3) is 0 Å². The maximum atomic E-state index is 13.5. The molecule has 1 amide bonds. The molecule has 2 atom stereocenters. The Morgan fingerprint density at radius 2 is 2.12 bits per heavy atom. The van der Waals surface area contributed by atoms with Gasteiger partial charge in [0, 0.05) is 36.7 Å². The van der Waals surface area contributed by atoms with E-state index in [1.54, 1.807) is 18.2 Å². The van der Waals surface area contributed by atoms with Crippen LogP contribution in [0.15, 0.2) is 35.7 Å². The lowest BCUT2D eigenvalue weighted by atomic mass is 10.2. The third-order valence-corrected chi connectivity index (χ3v) is 4.79. The molecule has 1 aliphatic heterocycles. The zero-order valence-electron chi connectivity index (χ0n) is 14.8.